The summed E-state index contributed by atoms with van der Waals surface area (Å²) in [4.78, 5) is 198. The van der Waals surface area contributed by atoms with Crippen LogP contribution in [0.2, 0.25) is 0 Å². The number of aryl methyl sites for hydroxylation is 6. The zero-order chi connectivity index (χ0) is 104. The summed E-state index contributed by atoms with van der Waals surface area (Å²) < 4.78 is 204. The molecule has 0 radical (unpaired) electrons. The first-order chi connectivity index (χ1) is 67.1. The van der Waals surface area contributed by atoms with E-state index in [1.165, 1.54) is 82.6 Å². The largest absolute Gasteiger partial charge is 0.780 e. The minimum Gasteiger partial charge on any atom is -0.780 e. The Morgan fingerprint density at radius 2 is 0.676 bits per heavy atom. The van der Waals surface area contributed by atoms with Gasteiger partial charge in [0.2, 0.25) is 0 Å². The normalized spacial score (nSPS) is 29.4. The number of nitrogens with zero attached hydrogens (tertiary/aromatic N) is 9. The Bertz CT molecular complexity index is 6220. The lowest BCUT2D eigenvalue weighted by Crippen LogP contribution is -2.43. The van der Waals surface area contributed by atoms with Crippen molar-refractivity contribution in [2.24, 2.45) is 0 Å². The third-order valence-corrected chi connectivity index (χ3v) is 29.5. The topological polar surface area (TPSA) is 751 Å². The number of ether oxygens (including phenoxy) is 16. The number of rotatable bonds is 52. The number of methoxy groups -OCH3 is 5. The highest BCUT2D eigenvalue weighted by atomic mass is 32.7. The number of aromatic nitrogens is 12. The molecule has 6 fully saturated rings. The van der Waals surface area contributed by atoms with Gasteiger partial charge in [-0.05, 0) is 48.0 Å². The summed E-state index contributed by atoms with van der Waals surface area (Å²) >= 11 is 16.5. The number of phosphoric acid groups is 2. The van der Waals surface area contributed by atoms with Crippen LogP contribution in [0.25, 0.3) is 0 Å². The first-order valence-corrected chi connectivity index (χ1v) is 54.1. The summed E-state index contributed by atoms with van der Waals surface area (Å²) in [7, 11) is -5.92. The van der Waals surface area contributed by atoms with E-state index >= 15 is 14.0 Å². The molecule has 794 valence electrons. The van der Waals surface area contributed by atoms with Crippen molar-refractivity contribution < 1.29 is 159 Å². The SMILES string of the molecule is CC[C@H]1O[C@@H](n2cc(C)c(=O)[nH]c2=O)CC1OP([O-])(=S)OC[C@H]1O[C@@H](n2cc(C)c(=O)[nH]c2=O)[C@@H](OCCOC)C1OP(=O)([O-])OC[C@H]1O[C@@H](n2cc(C)c(N)nc2=O)[C@@H](OCCOC)C1OP(=O)([O-])OC[C@H]1O[C@@H](n2cc(C)c(N)nc2=O)[C@@H](OCCOC)C1OP(=O)([S-])OC[C@H]1O[C@@H](n2cc(C)c(=O)[nH]c2=O)[C@@H](OCCOC)C1OP([O-])(=S)OC[C@H]1O[C@@H](n2cc(C)c(N)nc2=O)[C@@H](OCCOC)C1O. The molecule has 142 heavy (non-hydrogen) atoms. The number of nitrogens with two attached hydrogens (primary N) is 3. The third-order valence-electron chi connectivity index (χ3n) is 22.9. The number of anilines is 3. The van der Waals surface area contributed by atoms with Crippen molar-refractivity contribution in [1.29, 1.82) is 0 Å². The molecule has 11 unspecified atom stereocenters. The van der Waals surface area contributed by atoms with Crippen molar-refractivity contribution in [3.05, 3.63) is 165 Å². The summed E-state index contributed by atoms with van der Waals surface area (Å²) in [5.74, 6) is -0.663. The molecule has 12 rings (SSSR count). The maximum absolute atomic E-state index is 15.5. The summed E-state index contributed by atoms with van der Waals surface area (Å²) in [5.41, 5.74) is 10.0. The zero-order valence-corrected chi connectivity index (χ0v) is 85.0. The van der Waals surface area contributed by atoms with Gasteiger partial charge < -0.3 is 175 Å². The number of nitrogen functional groups attached to an aromatic ring is 3. The van der Waals surface area contributed by atoms with E-state index in [0.717, 1.165) is 52.2 Å². The monoisotopic (exact) mass is 2170 g/mol. The van der Waals surface area contributed by atoms with Crippen LogP contribution in [-0.2, 0) is 171 Å². The van der Waals surface area contributed by atoms with Crippen molar-refractivity contribution >= 4 is 89.2 Å². The van der Waals surface area contributed by atoms with Crippen LogP contribution in [0.4, 0.5) is 17.5 Å². The number of hydrogen-bond donors (Lipinski definition) is 7. The second-order valence-corrected chi connectivity index (χ2v) is 43.6. The highest BCUT2D eigenvalue weighted by Gasteiger charge is 2.57. The van der Waals surface area contributed by atoms with Crippen LogP contribution >= 0.6 is 35.9 Å². The lowest BCUT2D eigenvalue weighted by Gasteiger charge is -2.36. The van der Waals surface area contributed by atoms with Gasteiger partial charge in [-0.15, -0.1) is 0 Å². The first kappa shape index (κ1) is 114. The molecule has 0 spiro atoms. The van der Waals surface area contributed by atoms with Crippen LogP contribution in [-0.4, -0.2) is 301 Å². The quantitative estimate of drug-likeness (QED) is 0.0107. The highest BCUT2D eigenvalue weighted by Crippen LogP contribution is 2.56. The number of aliphatic hydroxyl groups excluding tert-OH is 1. The molecule has 58 nitrogen and oxygen atoms in total. The van der Waals surface area contributed by atoms with Gasteiger partial charge in [0.25, 0.3) is 32.3 Å². The second kappa shape index (κ2) is 49.5. The van der Waals surface area contributed by atoms with E-state index in [9.17, 15) is 67.5 Å². The van der Waals surface area contributed by atoms with E-state index in [2.05, 4.69) is 29.9 Å². The molecule has 0 aliphatic carbocycles. The van der Waals surface area contributed by atoms with Crippen molar-refractivity contribution in [1.82, 2.24) is 57.3 Å². The van der Waals surface area contributed by atoms with E-state index in [-0.39, 0.29) is 104 Å². The van der Waals surface area contributed by atoms with E-state index in [1.54, 1.807) is 13.8 Å². The van der Waals surface area contributed by atoms with Crippen molar-refractivity contribution in [3.8, 4) is 0 Å². The van der Waals surface area contributed by atoms with E-state index in [1.807, 2.05) is 0 Å². The van der Waals surface area contributed by atoms with Gasteiger partial charge in [0.1, 0.15) is 129 Å². The van der Waals surface area contributed by atoms with Gasteiger partial charge >= 0.3 is 34.1 Å². The molecule has 6 aromatic heterocycles. The Kier molecular flexibility index (Phi) is 39.7. The fraction of sp³-hybridized carbons (Fsp3) is 0.684. The third kappa shape index (κ3) is 28.2. The van der Waals surface area contributed by atoms with Gasteiger partial charge in [0, 0.05) is 113 Å². The van der Waals surface area contributed by atoms with Gasteiger partial charge in [0.15, 0.2) is 37.9 Å². The van der Waals surface area contributed by atoms with Crippen LogP contribution in [0.15, 0.2) is 80.3 Å². The molecule has 0 amide bonds. The number of H-pyrrole nitrogens is 3. The van der Waals surface area contributed by atoms with E-state index in [0.29, 0.717) is 5.56 Å². The Morgan fingerprint density at radius 3 is 1.04 bits per heavy atom. The van der Waals surface area contributed by atoms with Crippen LogP contribution < -0.4 is 87.6 Å². The van der Waals surface area contributed by atoms with Crippen LogP contribution in [0, 0.1) is 41.5 Å². The molecule has 0 aromatic carbocycles. The fourth-order valence-corrected chi connectivity index (χ4v) is 22.0. The Hall–Kier alpha value is -6.82. The lowest BCUT2D eigenvalue weighted by molar-refractivity contribution is -0.241. The fourth-order valence-electron chi connectivity index (χ4n) is 15.8. The molecule has 6 aliphatic heterocycles. The molecule has 66 heteroatoms. The van der Waals surface area contributed by atoms with E-state index < -0.39 is 281 Å². The number of phosphoric ester groups is 2. The molecule has 0 bridgehead atoms. The number of aromatic amines is 3. The van der Waals surface area contributed by atoms with Crippen LogP contribution in [0.1, 0.15) is 90.5 Å². The predicted octanol–water partition coefficient (Wildman–Crippen LogP) is -4.52. The van der Waals surface area contributed by atoms with Crippen molar-refractivity contribution in [2.75, 3.05) is 152 Å². The van der Waals surface area contributed by atoms with Crippen molar-refractivity contribution in [3.63, 3.8) is 0 Å². The molecular weight excluding hydrogens is 2060 g/mol. The first-order valence-electron chi connectivity index (χ1n) is 43.5. The smallest absolute Gasteiger partial charge is 0.351 e. The van der Waals surface area contributed by atoms with Gasteiger partial charge in [0.05, 0.1) is 111 Å². The summed E-state index contributed by atoms with van der Waals surface area (Å²) in [6, 6.07) is 0. The zero-order valence-electron chi connectivity index (χ0n) is 78.1. The standard InChI is InChI=1S/C76H114N15O43P5S3/c1-13-42-43(24-49(124-42)86-28-39(5)63(93)83-74(86)99)130-137(106,140)122-34-47-52(57(116-21-16-111-10)68(128-47)90-29-40(6)64(94)84-75(90)100)132-135(102,103)119-32-45-51(56(115-20-15-110-9)67(126-45)88-26-37(3)61(78)81-72(88)97)131-136(104,105)120-33-46-53(58(117-22-17-112-11)69(127-46)89-27-38(4)62(79)82-73(89)98)133-139(108,142)123-35-48-54(59(118-23-18-113-12)70(129-48)91-30-41(7)65(95)85-76(91)101)134-138(107,141)121-31-44-50(92)55(114-19-14-109-8)66(125-44)87-25-36(2)60(77)80-71(87)96/h25-30,42-59,66-70,92H,13-24,31-35H2,1-12H3,(H,102,103)(H,104,105)(H,106,140)(H,107,141)(H,108,142)(H2,77,80,96)(H2,78,81,97)(H2,79,82,98)(H,83,93,99)(H,84,94,100)(H,85,95,101)/p-5/t42-,43?,44-,45-,46-,47-,48-,49-,50?,51?,52?,53?,54?,55+,56+,57+,58+,59+,66-,67-,68-,69-,70-,137?,138?,139?/m1/s1. The molecule has 0 saturated carbocycles. The van der Waals surface area contributed by atoms with E-state index in [4.69, 9.17) is 174 Å². The van der Waals surface area contributed by atoms with Crippen LogP contribution in [0.5, 0.6) is 0 Å². The maximum atomic E-state index is 15.5. The molecule has 6 aromatic rings. The summed E-state index contributed by atoms with van der Waals surface area (Å²) in [6.45, 7) is -13.7. The van der Waals surface area contributed by atoms with Gasteiger partial charge in [-0.3, -0.25) is 70.4 Å². The predicted molar refractivity (Wildman–Crippen MR) is 486 cm³/mol. The molecule has 28 atom stereocenters. The molecule has 6 saturated heterocycles. The number of hydrogen-bond acceptors (Lipinski definition) is 52. The summed E-state index contributed by atoms with van der Waals surface area (Å²) in [6.07, 6.45) is -33.0. The molecule has 6 aliphatic rings. The average Bonchev–Trinajstić information content (AvgIpc) is 1.62. The molecule has 12 heterocycles. The maximum Gasteiger partial charge on any atom is 0.351 e. The number of aliphatic hydroxyl groups is 1. The second-order valence-electron chi connectivity index (χ2n) is 32.8. The Balaban J connectivity index is 0.844. The van der Waals surface area contributed by atoms with Gasteiger partial charge in [-0.1, -0.05) is 30.5 Å². The van der Waals surface area contributed by atoms with Crippen LogP contribution in [0.3, 0.4) is 0 Å². The molecular formula is C76H109N15O43P5S3-5. The minimum atomic E-state index is -6.25. The average molecular weight is 2170 g/mol. The summed E-state index contributed by atoms with van der Waals surface area (Å²) in [5, 5.41) is 11.8. The highest BCUT2D eigenvalue weighted by molar-refractivity contribution is 8.32. The minimum absolute atomic E-state index is 0.00809. The van der Waals surface area contributed by atoms with Gasteiger partial charge in [-0.2, -0.15) is 15.0 Å². The van der Waals surface area contributed by atoms with Gasteiger partial charge in [-0.25, -0.2) is 28.8 Å². The van der Waals surface area contributed by atoms with Crippen molar-refractivity contribution in [2.45, 2.75) is 202 Å². The lowest BCUT2D eigenvalue weighted by atomic mass is 10.1. The Morgan fingerprint density at radius 1 is 0.387 bits per heavy atom. The number of nitrogens with one attached hydrogen (secondary N) is 3. The molecule has 10 N–H and O–H groups in total. The Labute approximate surface area is 820 Å².